The number of imidazole rings is 1. The first-order valence-corrected chi connectivity index (χ1v) is 4.79. The Morgan fingerprint density at radius 2 is 2.38 bits per heavy atom. The van der Waals surface area contributed by atoms with Crippen LogP contribution in [0.3, 0.4) is 0 Å². The quantitative estimate of drug-likeness (QED) is 0.694. The third-order valence-corrected chi connectivity index (χ3v) is 2.22. The number of hydrogen-bond acceptors (Lipinski definition) is 5. The Kier molecular flexibility index (Phi) is 2.67. The molecule has 0 amide bonds. The van der Waals surface area contributed by atoms with Gasteiger partial charge in [-0.3, -0.25) is 4.79 Å². The second-order valence-corrected chi connectivity index (χ2v) is 3.44. The van der Waals surface area contributed by atoms with Gasteiger partial charge in [0.25, 0.3) is 0 Å². The van der Waals surface area contributed by atoms with Gasteiger partial charge in [-0.1, -0.05) is 6.92 Å². The van der Waals surface area contributed by atoms with Gasteiger partial charge in [-0.05, 0) is 0 Å². The summed E-state index contributed by atoms with van der Waals surface area (Å²) in [5.41, 5.74) is 1.24. The van der Waals surface area contributed by atoms with Crippen molar-refractivity contribution < 1.29 is 9.90 Å². The van der Waals surface area contributed by atoms with Gasteiger partial charge in [-0.25, -0.2) is 15.0 Å². The lowest BCUT2D eigenvalue weighted by Crippen LogP contribution is -2.20. The van der Waals surface area contributed by atoms with Crippen LogP contribution in [0.4, 0.5) is 5.82 Å². The standard InChI is InChI=1S/C9H11N5O2/c1-5(9(15)16)2-10-7-6-8(12-3-11-6)14-4-13-7/h3-5H,2H2,1H3,(H,15,16)(H2,10,11,12,13,14). The van der Waals surface area contributed by atoms with Crippen LogP contribution in [-0.4, -0.2) is 37.6 Å². The minimum absolute atomic E-state index is 0.306. The van der Waals surface area contributed by atoms with Crippen LogP contribution in [0.1, 0.15) is 6.92 Å². The number of fused-ring (bicyclic) bond motifs is 1. The predicted octanol–water partition coefficient (Wildman–Crippen LogP) is 0.486. The smallest absolute Gasteiger partial charge is 0.308 e. The van der Waals surface area contributed by atoms with Crippen molar-refractivity contribution in [1.82, 2.24) is 19.9 Å². The molecule has 2 heterocycles. The zero-order valence-corrected chi connectivity index (χ0v) is 8.64. The zero-order chi connectivity index (χ0) is 11.5. The fourth-order valence-electron chi connectivity index (χ4n) is 1.24. The zero-order valence-electron chi connectivity index (χ0n) is 8.64. The van der Waals surface area contributed by atoms with Gasteiger partial charge in [-0.2, -0.15) is 0 Å². The van der Waals surface area contributed by atoms with Crippen molar-refractivity contribution in [3.8, 4) is 0 Å². The lowest BCUT2D eigenvalue weighted by molar-refractivity contribution is -0.140. The van der Waals surface area contributed by atoms with E-state index in [4.69, 9.17) is 5.11 Å². The molecule has 0 radical (unpaired) electrons. The minimum Gasteiger partial charge on any atom is -0.481 e. The van der Waals surface area contributed by atoms with Crippen molar-refractivity contribution in [2.45, 2.75) is 6.92 Å². The lowest BCUT2D eigenvalue weighted by atomic mass is 10.2. The molecule has 2 aromatic heterocycles. The second kappa shape index (κ2) is 4.13. The molecule has 16 heavy (non-hydrogen) atoms. The summed E-state index contributed by atoms with van der Waals surface area (Å²) < 4.78 is 0. The first kappa shape index (κ1) is 10.3. The fraction of sp³-hybridized carbons (Fsp3) is 0.333. The van der Waals surface area contributed by atoms with E-state index in [2.05, 4.69) is 25.3 Å². The molecule has 7 nitrogen and oxygen atoms in total. The lowest BCUT2D eigenvalue weighted by Gasteiger charge is -2.08. The molecule has 0 saturated carbocycles. The van der Waals surface area contributed by atoms with Crippen molar-refractivity contribution in [1.29, 1.82) is 0 Å². The highest BCUT2D eigenvalue weighted by atomic mass is 16.4. The number of H-pyrrole nitrogens is 1. The third-order valence-electron chi connectivity index (χ3n) is 2.22. The van der Waals surface area contributed by atoms with E-state index in [1.54, 1.807) is 6.92 Å². The molecule has 2 aromatic rings. The van der Waals surface area contributed by atoms with Crippen molar-refractivity contribution in [2.75, 3.05) is 11.9 Å². The molecule has 1 atom stereocenters. The van der Waals surface area contributed by atoms with Crippen LogP contribution in [0.25, 0.3) is 11.2 Å². The highest BCUT2D eigenvalue weighted by Gasteiger charge is 2.12. The molecular weight excluding hydrogens is 210 g/mol. The van der Waals surface area contributed by atoms with Crippen LogP contribution < -0.4 is 5.32 Å². The Balaban J connectivity index is 2.15. The maximum Gasteiger partial charge on any atom is 0.308 e. The van der Waals surface area contributed by atoms with Crippen molar-refractivity contribution >= 4 is 23.0 Å². The van der Waals surface area contributed by atoms with Gasteiger partial charge in [0.1, 0.15) is 11.8 Å². The number of aromatic amines is 1. The number of carbonyl (C=O) groups is 1. The largest absolute Gasteiger partial charge is 0.481 e. The van der Waals surface area contributed by atoms with Crippen LogP contribution in [0.15, 0.2) is 12.7 Å². The molecule has 2 rings (SSSR count). The van der Waals surface area contributed by atoms with Crippen LogP contribution >= 0.6 is 0 Å². The summed E-state index contributed by atoms with van der Waals surface area (Å²) in [4.78, 5) is 25.5. The Bertz CT molecular complexity index is 509. The number of hydrogen-bond donors (Lipinski definition) is 3. The van der Waals surface area contributed by atoms with Gasteiger partial charge in [0, 0.05) is 6.54 Å². The van der Waals surface area contributed by atoms with Crippen molar-refractivity contribution in [3.05, 3.63) is 12.7 Å². The van der Waals surface area contributed by atoms with Gasteiger partial charge in [0.05, 0.1) is 12.2 Å². The predicted molar refractivity (Wildman–Crippen MR) is 57.0 cm³/mol. The number of carboxylic acids is 1. The summed E-state index contributed by atoms with van der Waals surface area (Å²) >= 11 is 0. The van der Waals surface area contributed by atoms with Crippen LogP contribution in [0.2, 0.25) is 0 Å². The molecule has 0 aliphatic heterocycles. The van der Waals surface area contributed by atoms with E-state index >= 15 is 0 Å². The fourth-order valence-corrected chi connectivity index (χ4v) is 1.24. The molecule has 84 valence electrons. The van der Waals surface area contributed by atoms with Crippen molar-refractivity contribution in [2.24, 2.45) is 5.92 Å². The summed E-state index contributed by atoms with van der Waals surface area (Å²) in [6.07, 6.45) is 2.90. The molecule has 0 bridgehead atoms. The van der Waals surface area contributed by atoms with Crippen LogP contribution in [0.5, 0.6) is 0 Å². The Morgan fingerprint density at radius 1 is 1.56 bits per heavy atom. The third kappa shape index (κ3) is 1.92. The molecule has 0 spiro atoms. The maximum absolute atomic E-state index is 10.6. The molecule has 0 aliphatic rings. The highest BCUT2D eigenvalue weighted by molar-refractivity contribution is 5.82. The number of nitrogens with zero attached hydrogens (tertiary/aromatic N) is 3. The van der Waals surface area contributed by atoms with Gasteiger partial charge in [0.2, 0.25) is 0 Å². The summed E-state index contributed by atoms with van der Waals surface area (Å²) in [6.45, 7) is 1.93. The number of nitrogens with one attached hydrogen (secondary N) is 2. The highest BCUT2D eigenvalue weighted by Crippen LogP contribution is 2.14. The molecule has 0 aliphatic carbocycles. The average Bonchev–Trinajstić information content (AvgIpc) is 2.73. The number of rotatable bonds is 4. The first-order chi connectivity index (χ1) is 7.68. The second-order valence-electron chi connectivity index (χ2n) is 3.44. The topological polar surface area (TPSA) is 104 Å². The normalized spacial score (nSPS) is 12.6. The van der Waals surface area contributed by atoms with Crippen molar-refractivity contribution in [3.63, 3.8) is 0 Å². The van der Waals surface area contributed by atoms with Gasteiger partial charge in [-0.15, -0.1) is 0 Å². The summed E-state index contributed by atoms with van der Waals surface area (Å²) in [5, 5.41) is 11.7. The van der Waals surface area contributed by atoms with E-state index in [1.165, 1.54) is 12.7 Å². The number of carboxylic acid groups (broad SMARTS) is 1. The number of aromatic nitrogens is 4. The molecule has 0 fully saturated rings. The van der Waals surface area contributed by atoms with E-state index in [9.17, 15) is 4.79 Å². The number of aliphatic carboxylic acids is 1. The Morgan fingerprint density at radius 3 is 3.12 bits per heavy atom. The number of anilines is 1. The van der Waals surface area contributed by atoms with Crippen LogP contribution in [-0.2, 0) is 4.79 Å². The first-order valence-electron chi connectivity index (χ1n) is 4.79. The van der Waals surface area contributed by atoms with Gasteiger partial charge >= 0.3 is 5.97 Å². The molecule has 0 aromatic carbocycles. The summed E-state index contributed by atoms with van der Waals surface area (Å²) in [7, 11) is 0. The van der Waals surface area contributed by atoms with E-state index < -0.39 is 11.9 Å². The van der Waals surface area contributed by atoms with Crippen LogP contribution in [0, 0.1) is 5.92 Å². The van der Waals surface area contributed by atoms with Gasteiger partial charge < -0.3 is 15.4 Å². The van der Waals surface area contributed by atoms with E-state index in [-0.39, 0.29) is 0 Å². The molecule has 1 unspecified atom stereocenters. The Labute approximate surface area is 90.9 Å². The van der Waals surface area contributed by atoms with E-state index in [0.717, 1.165) is 0 Å². The maximum atomic E-state index is 10.6. The Hall–Kier alpha value is -2.18. The molecule has 0 saturated heterocycles. The SMILES string of the molecule is CC(CNc1ncnc2nc[nH]c12)C(=O)O. The molecule has 3 N–H and O–H groups in total. The van der Waals surface area contributed by atoms with Gasteiger partial charge in [0.15, 0.2) is 11.5 Å². The average molecular weight is 221 g/mol. The summed E-state index contributed by atoms with van der Waals surface area (Å²) in [5.74, 6) is -0.758. The molecular formula is C9H11N5O2. The van der Waals surface area contributed by atoms with E-state index in [1.807, 2.05) is 0 Å². The molecule has 7 heteroatoms. The monoisotopic (exact) mass is 221 g/mol. The minimum atomic E-state index is -0.845. The van der Waals surface area contributed by atoms with E-state index in [0.29, 0.717) is 23.5 Å². The summed E-state index contributed by atoms with van der Waals surface area (Å²) in [6, 6.07) is 0.